The average molecular weight is 424 g/mol. The summed E-state index contributed by atoms with van der Waals surface area (Å²) in [6, 6.07) is 4.60. The van der Waals surface area contributed by atoms with Crippen LogP contribution in [-0.4, -0.2) is 46.5 Å². The second-order valence-electron chi connectivity index (χ2n) is 6.94. The summed E-state index contributed by atoms with van der Waals surface area (Å²) in [5.74, 6) is -0.348. The number of hydrogen-bond acceptors (Lipinski definition) is 5. The second-order valence-corrected chi connectivity index (χ2v) is 8.80. The number of carbonyl (C=O) groups excluding carboxylic acids is 2. The Hall–Kier alpha value is -2.39. The van der Waals surface area contributed by atoms with Gasteiger partial charge in [0.25, 0.3) is 0 Å². The summed E-state index contributed by atoms with van der Waals surface area (Å²) in [5.41, 5.74) is -0.374. The van der Waals surface area contributed by atoms with Gasteiger partial charge in [-0.15, -0.1) is 0 Å². The molecular formula is C20H29N3O5S. The van der Waals surface area contributed by atoms with E-state index < -0.39 is 21.5 Å². The summed E-state index contributed by atoms with van der Waals surface area (Å²) in [4.78, 5) is 25.1. The highest BCUT2D eigenvalue weighted by molar-refractivity contribution is 7.89. The number of ether oxygens (including phenoxy) is 1. The Balaban J connectivity index is 2.21. The third-order valence-corrected chi connectivity index (χ3v) is 6.45. The number of hydrogen-bond donors (Lipinski definition) is 3. The summed E-state index contributed by atoms with van der Waals surface area (Å²) < 4.78 is 31.7. The van der Waals surface area contributed by atoms with E-state index >= 15 is 0 Å². The first-order valence-electron chi connectivity index (χ1n) is 9.68. The van der Waals surface area contributed by atoms with Crippen LogP contribution in [0.15, 0.2) is 29.2 Å². The highest BCUT2D eigenvalue weighted by atomic mass is 32.2. The Morgan fingerprint density at radius 3 is 2.48 bits per heavy atom. The van der Waals surface area contributed by atoms with E-state index in [1.54, 1.807) is 6.07 Å². The molecule has 2 amide bonds. The van der Waals surface area contributed by atoms with Gasteiger partial charge in [-0.2, -0.15) is 0 Å². The van der Waals surface area contributed by atoms with Crippen LogP contribution in [0.3, 0.4) is 0 Å². The molecule has 1 fully saturated rings. The molecule has 160 valence electrons. The van der Waals surface area contributed by atoms with E-state index in [-0.39, 0.29) is 16.6 Å². The van der Waals surface area contributed by atoms with Crippen molar-refractivity contribution in [2.75, 3.05) is 20.7 Å². The fourth-order valence-corrected chi connectivity index (χ4v) is 4.39. The maximum atomic E-state index is 12.6. The zero-order valence-electron chi connectivity index (χ0n) is 17.1. The number of carbonyl (C=O) groups is 2. The fraction of sp³-hybridized carbons (Fsp3) is 0.500. The lowest BCUT2D eigenvalue weighted by atomic mass is 9.80. The van der Waals surface area contributed by atoms with Crippen LogP contribution < -0.4 is 20.1 Å². The number of methoxy groups -OCH3 is 1. The monoisotopic (exact) mass is 423 g/mol. The molecule has 2 rings (SSSR count). The third kappa shape index (κ3) is 5.57. The Kier molecular flexibility index (Phi) is 7.80. The van der Waals surface area contributed by atoms with Crippen LogP contribution in [0.1, 0.15) is 44.6 Å². The van der Waals surface area contributed by atoms with Gasteiger partial charge >= 0.3 is 0 Å². The predicted octanol–water partition coefficient (Wildman–Crippen LogP) is 1.57. The molecular weight excluding hydrogens is 394 g/mol. The van der Waals surface area contributed by atoms with Gasteiger partial charge in [0.15, 0.2) is 0 Å². The van der Waals surface area contributed by atoms with Gasteiger partial charge in [-0.25, -0.2) is 13.1 Å². The van der Waals surface area contributed by atoms with Crippen LogP contribution >= 0.6 is 0 Å². The topological polar surface area (TPSA) is 114 Å². The minimum Gasteiger partial charge on any atom is -0.495 e. The quantitative estimate of drug-likeness (QED) is 0.549. The van der Waals surface area contributed by atoms with E-state index in [0.29, 0.717) is 24.9 Å². The van der Waals surface area contributed by atoms with Crippen LogP contribution in [0, 0.1) is 0 Å². The third-order valence-electron chi connectivity index (χ3n) is 5.01. The van der Waals surface area contributed by atoms with Crippen molar-refractivity contribution in [2.45, 2.75) is 49.5 Å². The molecule has 0 aliphatic heterocycles. The molecule has 0 saturated heterocycles. The molecule has 0 spiro atoms. The summed E-state index contributed by atoms with van der Waals surface area (Å²) >= 11 is 0. The first kappa shape index (κ1) is 22.9. The van der Waals surface area contributed by atoms with E-state index in [1.165, 1.54) is 38.4 Å². The number of sulfonamides is 1. The van der Waals surface area contributed by atoms with Crippen LogP contribution in [0.2, 0.25) is 0 Å². The Morgan fingerprint density at radius 2 is 1.90 bits per heavy atom. The van der Waals surface area contributed by atoms with E-state index in [2.05, 4.69) is 15.4 Å². The van der Waals surface area contributed by atoms with E-state index in [0.717, 1.165) is 19.3 Å². The van der Waals surface area contributed by atoms with Crippen molar-refractivity contribution in [3.05, 3.63) is 29.8 Å². The molecule has 0 atom stereocenters. The average Bonchev–Trinajstić information content (AvgIpc) is 2.72. The standard InChI is InChI=1S/C20H29N3O5S/c1-4-22-19(25)20(12-6-5-7-13-20)23-18(24)11-9-15-8-10-16(28-3)17(14-15)29(26,27)21-2/h8-11,14,21H,4-7,12-13H2,1-3H3,(H,22,25)(H,23,24). The van der Waals surface area contributed by atoms with Crippen LogP contribution in [0.25, 0.3) is 6.08 Å². The van der Waals surface area contributed by atoms with Crippen molar-refractivity contribution in [1.82, 2.24) is 15.4 Å². The summed E-state index contributed by atoms with van der Waals surface area (Å²) in [5, 5.41) is 5.69. The van der Waals surface area contributed by atoms with Gasteiger partial charge in [-0.1, -0.05) is 25.3 Å². The lowest BCUT2D eigenvalue weighted by molar-refractivity contribution is -0.133. The Morgan fingerprint density at radius 1 is 1.21 bits per heavy atom. The maximum absolute atomic E-state index is 12.6. The van der Waals surface area contributed by atoms with Gasteiger partial charge in [-0.05, 0) is 50.6 Å². The molecule has 0 heterocycles. The molecule has 1 saturated carbocycles. The molecule has 0 unspecified atom stereocenters. The highest BCUT2D eigenvalue weighted by Gasteiger charge is 2.40. The molecule has 0 bridgehead atoms. The van der Waals surface area contributed by atoms with Crippen molar-refractivity contribution < 1.29 is 22.7 Å². The van der Waals surface area contributed by atoms with Gasteiger partial charge < -0.3 is 15.4 Å². The number of rotatable bonds is 8. The first-order chi connectivity index (χ1) is 13.8. The van der Waals surface area contributed by atoms with E-state index in [9.17, 15) is 18.0 Å². The molecule has 1 aliphatic rings. The lowest BCUT2D eigenvalue weighted by Gasteiger charge is -2.36. The van der Waals surface area contributed by atoms with Gasteiger partial charge in [0.05, 0.1) is 7.11 Å². The molecule has 1 aromatic carbocycles. The minimum absolute atomic E-state index is 0.0175. The largest absolute Gasteiger partial charge is 0.495 e. The first-order valence-corrected chi connectivity index (χ1v) is 11.2. The van der Waals surface area contributed by atoms with Crippen molar-refractivity contribution in [3.8, 4) is 5.75 Å². The van der Waals surface area contributed by atoms with Crippen molar-refractivity contribution >= 4 is 27.9 Å². The zero-order chi connectivity index (χ0) is 21.5. The molecule has 29 heavy (non-hydrogen) atoms. The van der Waals surface area contributed by atoms with Gasteiger partial charge in [0.1, 0.15) is 16.2 Å². The fourth-order valence-electron chi connectivity index (χ4n) is 3.46. The molecule has 1 aliphatic carbocycles. The van der Waals surface area contributed by atoms with Crippen molar-refractivity contribution in [1.29, 1.82) is 0 Å². The SMILES string of the molecule is CCNC(=O)C1(NC(=O)C=Cc2ccc(OC)c(S(=O)(=O)NC)c2)CCCCC1. The molecule has 9 heteroatoms. The second kappa shape index (κ2) is 9.89. The molecule has 0 aromatic heterocycles. The van der Waals surface area contributed by atoms with Gasteiger partial charge in [0.2, 0.25) is 21.8 Å². The van der Waals surface area contributed by atoms with E-state index in [4.69, 9.17) is 4.74 Å². The van der Waals surface area contributed by atoms with Crippen molar-refractivity contribution in [2.24, 2.45) is 0 Å². The maximum Gasteiger partial charge on any atom is 0.245 e. The van der Waals surface area contributed by atoms with Crippen molar-refractivity contribution in [3.63, 3.8) is 0 Å². The summed E-state index contributed by atoms with van der Waals surface area (Å²) in [7, 11) is -1.01. The van der Waals surface area contributed by atoms with Gasteiger partial charge in [0, 0.05) is 12.6 Å². The molecule has 3 N–H and O–H groups in total. The lowest BCUT2D eigenvalue weighted by Crippen LogP contribution is -2.59. The molecule has 8 nitrogen and oxygen atoms in total. The van der Waals surface area contributed by atoms with Crippen LogP contribution in [0.4, 0.5) is 0 Å². The predicted molar refractivity (Wildman–Crippen MR) is 111 cm³/mol. The minimum atomic E-state index is -3.71. The highest BCUT2D eigenvalue weighted by Crippen LogP contribution is 2.29. The van der Waals surface area contributed by atoms with Gasteiger partial charge in [-0.3, -0.25) is 9.59 Å². The molecule has 0 radical (unpaired) electrons. The number of nitrogens with one attached hydrogen (secondary N) is 3. The Bertz CT molecular complexity index is 874. The number of likely N-dealkylation sites (N-methyl/N-ethyl adjacent to an activating group) is 1. The molecule has 1 aromatic rings. The smallest absolute Gasteiger partial charge is 0.245 e. The normalized spacial score (nSPS) is 16.4. The Labute approximate surface area is 172 Å². The number of amides is 2. The number of benzene rings is 1. The van der Waals surface area contributed by atoms with Crippen LogP contribution in [0.5, 0.6) is 5.75 Å². The summed E-state index contributed by atoms with van der Waals surface area (Å²) in [6.07, 6.45) is 6.83. The zero-order valence-corrected chi connectivity index (χ0v) is 17.9. The van der Waals surface area contributed by atoms with Crippen LogP contribution in [-0.2, 0) is 19.6 Å². The van der Waals surface area contributed by atoms with E-state index in [1.807, 2.05) is 6.92 Å². The summed E-state index contributed by atoms with van der Waals surface area (Å²) in [6.45, 7) is 2.34.